The molecule has 0 fully saturated rings. The van der Waals surface area contributed by atoms with E-state index >= 15 is 0 Å². The van der Waals surface area contributed by atoms with Crippen molar-refractivity contribution >= 4 is 17.3 Å². The monoisotopic (exact) mass is 263 g/mol. The lowest BCUT2D eigenvalue weighted by atomic mass is 9.87. The van der Waals surface area contributed by atoms with Crippen molar-refractivity contribution in [1.82, 2.24) is 5.32 Å². The van der Waals surface area contributed by atoms with Gasteiger partial charge in [-0.15, -0.1) is 0 Å². The molecule has 0 aromatic heterocycles. The molecule has 106 valence electrons. The maximum absolute atomic E-state index is 11.7. The number of carbonyl (C=O) groups excluding carboxylic acids is 1. The van der Waals surface area contributed by atoms with Crippen LogP contribution in [0, 0.1) is 5.41 Å². The molecule has 1 aromatic carbocycles. The Kier molecular flexibility index (Phi) is 4.45. The molecule has 19 heavy (non-hydrogen) atoms. The van der Waals surface area contributed by atoms with Crippen LogP contribution >= 0.6 is 0 Å². The molecule has 0 saturated heterocycles. The van der Waals surface area contributed by atoms with Gasteiger partial charge in [0.15, 0.2) is 0 Å². The highest BCUT2D eigenvalue weighted by Gasteiger charge is 2.25. The average molecular weight is 263 g/mol. The number of nitrogens with zero attached hydrogens (tertiary/aromatic N) is 1. The van der Waals surface area contributed by atoms with Crippen molar-refractivity contribution in [2.45, 2.75) is 33.7 Å². The fraction of sp³-hybridized carbons (Fsp3) is 0.533. The minimum absolute atomic E-state index is 0.0990. The van der Waals surface area contributed by atoms with Gasteiger partial charge in [-0.25, -0.2) is 0 Å². The predicted molar refractivity (Wildman–Crippen MR) is 81.6 cm³/mol. The number of amides is 1. The van der Waals surface area contributed by atoms with Crippen LogP contribution in [-0.4, -0.2) is 26.0 Å². The van der Waals surface area contributed by atoms with Crippen LogP contribution in [0.4, 0.5) is 11.4 Å². The first-order valence-electron chi connectivity index (χ1n) is 6.53. The summed E-state index contributed by atoms with van der Waals surface area (Å²) < 4.78 is 0. The van der Waals surface area contributed by atoms with Gasteiger partial charge in [-0.05, 0) is 30.5 Å². The van der Waals surface area contributed by atoms with Crippen LogP contribution in [0.2, 0.25) is 0 Å². The Morgan fingerprint density at radius 2 is 1.95 bits per heavy atom. The van der Waals surface area contributed by atoms with Gasteiger partial charge in [0.2, 0.25) is 0 Å². The van der Waals surface area contributed by atoms with Crippen LogP contribution < -0.4 is 16.0 Å². The molecule has 0 aliphatic heterocycles. The van der Waals surface area contributed by atoms with Crippen LogP contribution in [0.1, 0.15) is 38.1 Å². The SMILES string of the molecule is CNC(=O)c1ccc(N)c(N(C)C(C)C(C)(C)C)c1. The Morgan fingerprint density at radius 3 is 2.42 bits per heavy atom. The van der Waals surface area contributed by atoms with Gasteiger partial charge in [-0.3, -0.25) is 4.79 Å². The van der Waals surface area contributed by atoms with Crippen LogP contribution in [0.25, 0.3) is 0 Å². The molecular formula is C15H25N3O. The first kappa shape index (κ1) is 15.3. The molecule has 1 rings (SSSR count). The van der Waals surface area contributed by atoms with Crippen LogP contribution in [-0.2, 0) is 0 Å². The molecule has 0 saturated carbocycles. The van der Waals surface area contributed by atoms with E-state index in [2.05, 4.69) is 37.9 Å². The zero-order chi connectivity index (χ0) is 14.8. The van der Waals surface area contributed by atoms with Crippen molar-refractivity contribution in [2.75, 3.05) is 24.7 Å². The molecule has 1 amide bonds. The number of anilines is 2. The Bertz CT molecular complexity index is 463. The summed E-state index contributed by atoms with van der Waals surface area (Å²) in [5, 5.41) is 2.63. The number of nitrogen functional groups attached to an aromatic ring is 1. The third kappa shape index (κ3) is 3.40. The molecule has 1 unspecified atom stereocenters. The summed E-state index contributed by atoms with van der Waals surface area (Å²) in [5.41, 5.74) is 8.37. The van der Waals surface area contributed by atoms with Gasteiger partial charge in [0, 0.05) is 25.7 Å². The summed E-state index contributed by atoms with van der Waals surface area (Å²) in [4.78, 5) is 13.8. The van der Waals surface area contributed by atoms with E-state index in [4.69, 9.17) is 5.73 Å². The number of nitrogens with two attached hydrogens (primary N) is 1. The average Bonchev–Trinajstić information content (AvgIpc) is 2.35. The topological polar surface area (TPSA) is 58.4 Å². The number of hydrogen-bond donors (Lipinski definition) is 2. The molecule has 1 atom stereocenters. The lowest BCUT2D eigenvalue weighted by Crippen LogP contribution is -2.39. The number of carbonyl (C=O) groups is 1. The minimum Gasteiger partial charge on any atom is -0.397 e. The Labute approximate surface area is 116 Å². The molecule has 1 aromatic rings. The summed E-state index contributed by atoms with van der Waals surface area (Å²) in [6.45, 7) is 8.72. The summed E-state index contributed by atoms with van der Waals surface area (Å²) >= 11 is 0. The summed E-state index contributed by atoms with van der Waals surface area (Å²) in [7, 11) is 3.63. The van der Waals surface area contributed by atoms with E-state index in [-0.39, 0.29) is 11.3 Å². The molecule has 0 aliphatic rings. The lowest BCUT2D eigenvalue weighted by molar-refractivity contribution is 0.0963. The minimum atomic E-state index is -0.0990. The summed E-state index contributed by atoms with van der Waals surface area (Å²) in [6.07, 6.45) is 0. The fourth-order valence-corrected chi connectivity index (χ4v) is 1.92. The lowest BCUT2D eigenvalue weighted by Gasteiger charge is -2.37. The zero-order valence-electron chi connectivity index (χ0n) is 12.7. The van der Waals surface area contributed by atoms with Gasteiger partial charge in [0.1, 0.15) is 0 Å². The van der Waals surface area contributed by atoms with Gasteiger partial charge in [-0.2, -0.15) is 0 Å². The molecule has 0 heterocycles. The molecule has 0 bridgehead atoms. The zero-order valence-corrected chi connectivity index (χ0v) is 12.7. The molecule has 3 N–H and O–H groups in total. The van der Waals surface area contributed by atoms with E-state index in [1.807, 2.05) is 13.1 Å². The molecule has 4 nitrogen and oxygen atoms in total. The van der Waals surface area contributed by atoms with E-state index < -0.39 is 0 Å². The molecule has 0 aliphatic carbocycles. The number of benzene rings is 1. The van der Waals surface area contributed by atoms with Crippen molar-refractivity contribution in [3.05, 3.63) is 23.8 Å². The third-order valence-corrected chi connectivity index (χ3v) is 3.73. The van der Waals surface area contributed by atoms with Crippen molar-refractivity contribution in [3.63, 3.8) is 0 Å². The van der Waals surface area contributed by atoms with Gasteiger partial charge in [0.25, 0.3) is 5.91 Å². The van der Waals surface area contributed by atoms with Gasteiger partial charge in [-0.1, -0.05) is 20.8 Å². The van der Waals surface area contributed by atoms with E-state index in [1.54, 1.807) is 19.2 Å². The third-order valence-electron chi connectivity index (χ3n) is 3.73. The van der Waals surface area contributed by atoms with Gasteiger partial charge in [0.05, 0.1) is 11.4 Å². The Morgan fingerprint density at radius 1 is 1.37 bits per heavy atom. The predicted octanol–water partition coefficient (Wildman–Crippen LogP) is 2.50. The molecule has 0 spiro atoms. The van der Waals surface area contributed by atoms with Crippen LogP contribution in [0.5, 0.6) is 0 Å². The number of hydrogen-bond acceptors (Lipinski definition) is 3. The Hall–Kier alpha value is -1.71. The summed E-state index contributed by atoms with van der Waals surface area (Å²) in [5.74, 6) is -0.0990. The highest BCUT2D eigenvalue weighted by atomic mass is 16.1. The van der Waals surface area contributed by atoms with Crippen molar-refractivity contribution < 1.29 is 4.79 Å². The standard InChI is InChI=1S/C15H25N3O/c1-10(15(2,3)4)18(6)13-9-11(14(19)17-5)7-8-12(13)16/h7-10H,16H2,1-6H3,(H,17,19). The van der Waals surface area contributed by atoms with Gasteiger partial charge < -0.3 is 16.0 Å². The fourth-order valence-electron chi connectivity index (χ4n) is 1.92. The second kappa shape index (κ2) is 5.51. The van der Waals surface area contributed by atoms with Crippen LogP contribution in [0.15, 0.2) is 18.2 Å². The van der Waals surface area contributed by atoms with Gasteiger partial charge >= 0.3 is 0 Å². The highest BCUT2D eigenvalue weighted by molar-refractivity contribution is 5.96. The van der Waals surface area contributed by atoms with E-state index in [9.17, 15) is 4.79 Å². The molecular weight excluding hydrogens is 238 g/mol. The van der Waals surface area contributed by atoms with Crippen molar-refractivity contribution in [2.24, 2.45) is 5.41 Å². The Balaban J connectivity index is 3.15. The largest absolute Gasteiger partial charge is 0.397 e. The first-order chi connectivity index (χ1) is 8.68. The molecule has 0 radical (unpaired) electrons. The van der Waals surface area contributed by atoms with E-state index in [0.717, 1.165) is 5.69 Å². The molecule has 4 heteroatoms. The van der Waals surface area contributed by atoms with E-state index in [0.29, 0.717) is 17.3 Å². The maximum atomic E-state index is 11.7. The summed E-state index contributed by atoms with van der Waals surface area (Å²) in [6, 6.07) is 5.67. The number of nitrogens with one attached hydrogen (secondary N) is 1. The van der Waals surface area contributed by atoms with Crippen molar-refractivity contribution in [3.8, 4) is 0 Å². The first-order valence-corrected chi connectivity index (χ1v) is 6.53. The quantitative estimate of drug-likeness (QED) is 0.824. The second-order valence-electron chi connectivity index (χ2n) is 6.01. The van der Waals surface area contributed by atoms with E-state index in [1.165, 1.54) is 0 Å². The normalized spacial score (nSPS) is 12.9. The van der Waals surface area contributed by atoms with Crippen molar-refractivity contribution in [1.29, 1.82) is 0 Å². The number of rotatable bonds is 3. The van der Waals surface area contributed by atoms with Crippen LogP contribution in [0.3, 0.4) is 0 Å². The maximum Gasteiger partial charge on any atom is 0.251 e. The second-order valence-corrected chi connectivity index (χ2v) is 6.01. The highest BCUT2D eigenvalue weighted by Crippen LogP contribution is 2.31. The smallest absolute Gasteiger partial charge is 0.251 e.